The first-order valence-electron chi connectivity index (χ1n) is 5.26. The van der Waals surface area contributed by atoms with Crippen LogP contribution in [0.3, 0.4) is 0 Å². The minimum atomic E-state index is -3.99. The molecule has 96 valence electrons. The molecule has 0 aliphatic carbocycles. The van der Waals surface area contributed by atoms with Gasteiger partial charge in [0.15, 0.2) is 5.75 Å². The quantitative estimate of drug-likeness (QED) is 0.721. The van der Waals surface area contributed by atoms with Crippen molar-refractivity contribution in [3.63, 3.8) is 0 Å². The van der Waals surface area contributed by atoms with Crippen LogP contribution in [0.1, 0.15) is 20.3 Å². The van der Waals surface area contributed by atoms with Crippen LogP contribution >= 0.6 is 0 Å². The highest BCUT2D eigenvalue weighted by atomic mass is 19.3. The standard InChI is InChI=1S/C10H14F2N2O3/c1-3-5-14-7-8(6-13-14)17-10(11,12)9(15)16-4-2/h6-7H,3-5H2,1-2H3. The molecule has 0 unspecified atom stereocenters. The number of rotatable bonds is 6. The summed E-state index contributed by atoms with van der Waals surface area (Å²) in [5.74, 6) is -1.88. The van der Waals surface area contributed by atoms with Crippen LogP contribution in [0.25, 0.3) is 0 Å². The Bertz CT molecular complexity index is 379. The van der Waals surface area contributed by atoms with E-state index in [0.717, 1.165) is 12.6 Å². The van der Waals surface area contributed by atoms with Crippen molar-refractivity contribution in [3.8, 4) is 5.75 Å². The molecule has 7 heteroatoms. The van der Waals surface area contributed by atoms with E-state index in [-0.39, 0.29) is 12.4 Å². The third-order valence-corrected chi connectivity index (χ3v) is 1.82. The summed E-state index contributed by atoms with van der Waals surface area (Å²) in [5, 5.41) is 3.80. The number of halogens is 2. The second kappa shape index (κ2) is 5.60. The van der Waals surface area contributed by atoms with Crippen molar-refractivity contribution in [1.29, 1.82) is 0 Å². The maximum atomic E-state index is 13.2. The van der Waals surface area contributed by atoms with Crippen molar-refractivity contribution in [3.05, 3.63) is 12.4 Å². The van der Waals surface area contributed by atoms with Crippen molar-refractivity contribution in [1.82, 2.24) is 9.78 Å². The molecular weight excluding hydrogens is 234 g/mol. The van der Waals surface area contributed by atoms with Gasteiger partial charge in [-0.1, -0.05) is 6.92 Å². The largest absolute Gasteiger partial charge is 0.502 e. The number of carbonyl (C=O) groups excluding carboxylic acids is 1. The molecule has 0 bridgehead atoms. The van der Waals surface area contributed by atoms with E-state index in [9.17, 15) is 13.6 Å². The number of hydrogen-bond acceptors (Lipinski definition) is 4. The van der Waals surface area contributed by atoms with Gasteiger partial charge in [-0.15, -0.1) is 0 Å². The van der Waals surface area contributed by atoms with Gasteiger partial charge in [-0.2, -0.15) is 13.9 Å². The Labute approximate surface area is 97.3 Å². The van der Waals surface area contributed by atoms with E-state index in [0.29, 0.717) is 6.54 Å². The Kier molecular flexibility index (Phi) is 4.42. The normalized spacial score (nSPS) is 11.3. The predicted molar refractivity (Wildman–Crippen MR) is 54.7 cm³/mol. The molecule has 17 heavy (non-hydrogen) atoms. The molecule has 0 spiro atoms. The lowest BCUT2D eigenvalue weighted by Crippen LogP contribution is -2.36. The summed E-state index contributed by atoms with van der Waals surface area (Å²) in [7, 11) is 0. The summed E-state index contributed by atoms with van der Waals surface area (Å²) in [4.78, 5) is 10.9. The fourth-order valence-electron chi connectivity index (χ4n) is 1.15. The fraction of sp³-hybridized carbons (Fsp3) is 0.600. The van der Waals surface area contributed by atoms with Crippen molar-refractivity contribution in [2.75, 3.05) is 6.61 Å². The van der Waals surface area contributed by atoms with Crippen molar-refractivity contribution in [2.24, 2.45) is 0 Å². The third kappa shape index (κ3) is 3.69. The first kappa shape index (κ1) is 13.4. The van der Waals surface area contributed by atoms with Gasteiger partial charge in [0.2, 0.25) is 0 Å². The SMILES string of the molecule is CCCn1cc(OC(F)(F)C(=O)OCC)cn1. The third-order valence-electron chi connectivity index (χ3n) is 1.82. The van der Waals surface area contributed by atoms with Gasteiger partial charge >= 0.3 is 12.1 Å². The lowest BCUT2D eigenvalue weighted by atomic mass is 10.5. The maximum absolute atomic E-state index is 13.2. The van der Waals surface area contributed by atoms with Crippen LogP contribution in [0.4, 0.5) is 8.78 Å². The number of esters is 1. The molecule has 0 fully saturated rings. The Morgan fingerprint density at radius 1 is 1.53 bits per heavy atom. The van der Waals surface area contributed by atoms with Crippen LogP contribution in [0.5, 0.6) is 5.75 Å². The van der Waals surface area contributed by atoms with E-state index in [4.69, 9.17) is 0 Å². The minimum absolute atomic E-state index is 0.132. The van der Waals surface area contributed by atoms with Gasteiger partial charge in [0.05, 0.1) is 19.0 Å². The van der Waals surface area contributed by atoms with Crippen LogP contribution in [-0.2, 0) is 16.1 Å². The topological polar surface area (TPSA) is 53.4 Å². The van der Waals surface area contributed by atoms with E-state index in [1.807, 2.05) is 6.92 Å². The lowest BCUT2D eigenvalue weighted by molar-refractivity contribution is -0.216. The average Bonchev–Trinajstić information content (AvgIpc) is 2.66. The molecule has 0 saturated carbocycles. The Morgan fingerprint density at radius 2 is 2.24 bits per heavy atom. The predicted octanol–water partition coefficient (Wildman–Crippen LogP) is 1.83. The summed E-state index contributed by atoms with van der Waals surface area (Å²) in [6.07, 6.45) is -0.745. The molecule has 1 rings (SSSR count). The first-order chi connectivity index (χ1) is 7.99. The molecule has 1 aromatic rings. The molecule has 0 radical (unpaired) electrons. The van der Waals surface area contributed by atoms with Crippen LogP contribution in [0.15, 0.2) is 12.4 Å². The zero-order valence-corrected chi connectivity index (χ0v) is 9.65. The number of alkyl halides is 2. The monoisotopic (exact) mass is 248 g/mol. The molecule has 0 aliphatic heterocycles. The molecule has 1 aromatic heterocycles. The summed E-state index contributed by atoms with van der Waals surface area (Å²) in [6, 6.07) is 0. The maximum Gasteiger partial charge on any atom is 0.502 e. The molecular formula is C10H14F2N2O3. The van der Waals surface area contributed by atoms with E-state index < -0.39 is 12.1 Å². The van der Waals surface area contributed by atoms with Gasteiger partial charge in [-0.25, -0.2) is 4.79 Å². The van der Waals surface area contributed by atoms with Crippen LogP contribution in [0.2, 0.25) is 0 Å². The summed E-state index contributed by atoms with van der Waals surface area (Å²) in [6.45, 7) is 3.82. The number of carbonyl (C=O) groups is 1. The lowest BCUT2D eigenvalue weighted by Gasteiger charge is -2.14. The van der Waals surface area contributed by atoms with Crippen LogP contribution in [-0.4, -0.2) is 28.5 Å². The number of hydrogen-bond donors (Lipinski definition) is 0. The van der Waals surface area contributed by atoms with E-state index in [2.05, 4.69) is 14.6 Å². The number of aryl methyl sites for hydroxylation is 1. The molecule has 0 N–H and O–H groups in total. The first-order valence-corrected chi connectivity index (χ1v) is 5.26. The molecule has 0 aliphatic rings. The second-order valence-electron chi connectivity index (χ2n) is 3.28. The van der Waals surface area contributed by atoms with Crippen LogP contribution in [0, 0.1) is 0 Å². The van der Waals surface area contributed by atoms with E-state index >= 15 is 0 Å². The Hall–Kier alpha value is -1.66. The number of ether oxygens (including phenoxy) is 2. The van der Waals surface area contributed by atoms with Gasteiger partial charge in [0, 0.05) is 6.54 Å². The summed E-state index contributed by atoms with van der Waals surface area (Å²) in [5.41, 5.74) is 0. The summed E-state index contributed by atoms with van der Waals surface area (Å²) >= 11 is 0. The van der Waals surface area contributed by atoms with Crippen molar-refractivity contribution >= 4 is 5.97 Å². The zero-order valence-electron chi connectivity index (χ0n) is 9.65. The van der Waals surface area contributed by atoms with E-state index in [1.54, 1.807) is 0 Å². The smallest absolute Gasteiger partial charge is 0.459 e. The van der Waals surface area contributed by atoms with E-state index in [1.165, 1.54) is 17.8 Å². The zero-order chi connectivity index (χ0) is 12.9. The molecule has 5 nitrogen and oxygen atoms in total. The Morgan fingerprint density at radius 3 is 2.82 bits per heavy atom. The molecule has 0 saturated heterocycles. The van der Waals surface area contributed by atoms with Gasteiger partial charge in [-0.3, -0.25) is 4.68 Å². The minimum Gasteiger partial charge on any atom is -0.459 e. The van der Waals surface area contributed by atoms with Gasteiger partial charge < -0.3 is 9.47 Å². The van der Waals surface area contributed by atoms with Gasteiger partial charge in [0.25, 0.3) is 0 Å². The van der Waals surface area contributed by atoms with Gasteiger partial charge in [0.1, 0.15) is 0 Å². The molecule has 0 amide bonds. The highest BCUT2D eigenvalue weighted by Gasteiger charge is 2.44. The van der Waals surface area contributed by atoms with Gasteiger partial charge in [-0.05, 0) is 13.3 Å². The highest BCUT2D eigenvalue weighted by molar-refractivity contribution is 5.76. The second-order valence-corrected chi connectivity index (χ2v) is 3.28. The summed E-state index contributed by atoms with van der Waals surface area (Å²) < 4.78 is 36.2. The average molecular weight is 248 g/mol. The van der Waals surface area contributed by atoms with Crippen molar-refractivity contribution < 1.29 is 23.0 Å². The Balaban J connectivity index is 2.65. The highest BCUT2D eigenvalue weighted by Crippen LogP contribution is 2.22. The molecule has 1 heterocycles. The van der Waals surface area contributed by atoms with Crippen LogP contribution < -0.4 is 4.74 Å². The van der Waals surface area contributed by atoms with Crippen molar-refractivity contribution in [2.45, 2.75) is 32.9 Å². The molecule has 0 aromatic carbocycles. The number of nitrogens with zero attached hydrogens (tertiary/aromatic N) is 2. The fourth-order valence-corrected chi connectivity index (χ4v) is 1.15. The molecule has 0 atom stereocenters. The number of aromatic nitrogens is 2.